The van der Waals surface area contributed by atoms with Gasteiger partial charge in [-0.05, 0) is 56.2 Å². The molecule has 0 aliphatic carbocycles. The maximum Gasteiger partial charge on any atom is 0.340 e. The molecule has 1 atom stereocenters. The van der Waals surface area contributed by atoms with Crippen molar-refractivity contribution >= 4 is 27.6 Å². The summed E-state index contributed by atoms with van der Waals surface area (Å²) in [5.74, 6) is -1.82. The van der Waals surface area contributed by atoms with Gasteiger partial charge in [-0.1, -0.05) is 19.1 Å². The van der Waals surface area contributed by atoms with Gasteiger partial charge in [-0.15, -0.1) is 0 Å². The van der Waals surface area contributed by atoms with Crippen LogP contribution in [0, 0.1) is 12.7 Å². The maximum absolute atomic E-state index is 13.4. The second kappa shape index (κ2) is 9.51. The Morgan fingerprint density at radius 3 is 2.52 bits per heavy atom. The van der Waals surface area contributed by atoms with Crippen LogP contribution in [0.2, 0.25) is 0 Å². The number of carbonyl (C=O) groups excluding carboxylic acids is 2. The minimum Gasteiger partial charge on any atom is -0.452 e. The lowest BCUT2D eigenvalue weighted by Crippen LogP contribution is -2.35. The standard InChI is InChI=1S/C20H23FN2O5S/c1-4-14(3)22-19(24)12-28-20(25)16-7-5-6-8-18(16)23-29(26,27)15-9-10-17(21)13(2)11-15/h5-11,14,23H,4,12H2,1-3H3,(H,22,24)/t14-/m0/s1. The lowest BCUT2D eigenvalue weighted by Gasteiger charge is -2.14. The molecule has 0 bridgehead atoms. The molecule has 0 saturated heterocycles. The van der Waals surface area contributed by atoms with Crippen molar-refractivity contribution in [2.24, 2.45) is 0 Å². The summed E-state index contributed by atoms with van der Waals surface area (Å²) in [4.78, 5) is 24.0. The Hall–Kier alpha value is -2.94. The molecule has 0 radical (unpaired) electrons. The van der Waals surface area contributed by atoms with E-state index < -0.39 is 34.3 Å². The van der Waals surface area contributed by atoms with Crippen LogP contribution in [0.15, 0.2) is 47.4 Å². The lowest BCUT2D eigenvalue weighted by molar-refractivity contribution is -0.124. The summed E-state index contributed by atoms with van der Waals surface area (Å²) in [6.07, 6.45) is 0.729. The fraction of sp³-hybridized carbons (Fsp3) is 0.300. The molecule has 0 aliphatic rings. The minimum absolute atomic E-state index is 0.0122. The van der Waals surface area contributed by atoms with Gasteiger partial charge in [0.2, 0.25) is 0 Å². The predicted octanol–water partition coefficient (Wildman–Crippen LogP) is 3.01. The number of amides is 1. The third-order valence-corrected chi connectivity index (χ3v) is 5.55. The molecule has 156 valence electrons. The van der Waals surface area contributed by atoms with E-state index in [0.717, 1.165) is 18.6 Å². The fourth-order valence-electron chi connectivity index (χ4n) is 2.37. The highest BCUT2D eigenvalue weighted by atomic mass is 32.2. The SMILES string of the molecule is CC[C@H](C)NC(=O)COC(=O)c1ccccc1NS(=O)(=O)c1ccc(F)c(C)c1. The molecule has 0 aliphatic heterocycles. The van der Waals surface area contributed by atoms with Crippen molar-refractivity contribution in [1.82, 2.24) is 5.32 Å². The van der Waals surface area contributed by atoms with Crippen molar-refractivity contribution in [3.05, 3.63) is 59.4 Å². The van der Waals surface area contributed by atoms with E-state index in [2.05, 4.69) is 10.0 Å². The molecule has 2 aromatic rings. The molecule has 29 heavy (non-hydrogen) atoms. The Morgan fingerprint density at radius 1 is 1.17 bits per heavy atom. The number of nitrogens with one attached hydrogen (secondary N) is 2. The predicted molar refractivity (Wildman–Crippen MR) is 107 cm³/mol. The van der Waals surface area contributed by atoms with Gasteiger partial charge in [-0.3, -0.25) is 9.52 Å². The number of benzene rings is 2. The monoisotopic (exact) mass is 422 g/mol. The van der Waals surface area contributed by atoms with E-state index in [1.165, 1.54) is 31.2 Å². The summed E-state index contributed by atoms with van der Waals surface area (Å²) in [5, 5.41) is 2.66. The Kier molecular flexibility index (Phi) is 7.33. The van der Waals surface area contributed by atoms with Crippen LogP contribution in [0.5, 0.6) is 0 Å². The topological polar surface area (TPSA) is 102 Å². The molecule has 0 aromatic heterocycles. The molecule has 0 spiro atoms. The highest BCUT2D eigenvalue weighted by molar-refractivity contribution is 7.92. The summed E-state index contributed by atoms with van der Waals surface area (Å²) < 4.78 is 46.0. The summed E-state index contributed by atoms with van der Waals surface area (Å²) in [6.45, 7) is 4.69. The number of anilines is 1. The average Bonchev–Trinajstić information content (AvgIpc) is 2.68. The highest BCUT2D eigenvalue weighted by Crippen LogP contribution is 2.22. The van der Waals surface area contributed by atoms with Crippen LogP contribution in [0.1, 0.15) is 36.2 Å². The van der Waals surface area contributed by atoms with E-state index in [9.17, 15) is 22.4 Å². The number of aryl methyl sites for hydroxylation is 1. The van der Waals surface area contributed by atoms with Crippen LogP contribution in [-0.2, 0) is 19.6 Å². The Labute approximate surface area is 169 Å². The lowest BCUT2D eigenvalue weighted by atomic mass is 10.2. The summed E-state index contributed by atoms with van der Waals surface area (Å²) in [7, 11) is -4.06. The number of hydrogen-bond acceptors (Lipinski definition) is 5. The first-order valence-electron chi connectivity index (χ1n) is 8.98. The molecular formula is C20H23FN2O5S. The first-order chi connectivity index (χ1) is 13.6. The van der Waals surface area contributed by atoms with Crippen LogP contribution >= 0.6 is 0 Å². The highest BCUT2D eigenvalue weighted by Gasteiger charge is 2.20. The second-order valence-corrected chi connectivity index (χ2v) is 8.20. The Bertz CT molecular complexity index is 1010. The Morgan fingerprint density at radius 2 is 1.86 bits per heavy atom. The van der Waals surface area contributed by atoms with Gasteiger partial charge >= 0.3 is 5.97 Å². The normalized spacial score (nSPS) is 12.1. The molecule has 0 saturated carbocycles. The Balaban J connectivity index is 2.16. The third kappa shape index (κ3) is 6.02. The molecular weight excluding hydrogens is 399 g/mol. The summed E-state index contributed by atoms with van der Waals surface area (Å²) in [6, 6.07) is 9.17. The summed E-state index contributed by atoms with van der Waals surface area (Å²) >= 11 is 0. The first kappa shape index (κ1) is 22.4. The van der Waals surface area contributed by atoms with Gasteiger partial charge in [0.05, 0.1) is 16.1 Å². The summed E-state index contributed by atoms with van der Waals surface area (Å²) in [5.41, 5.74) is 0.112. The van der Waals surface area contributed by atoms with Crippen molar-refractivity contribution in [2.45, 2.75) is 38.1 Å². The van der Waals surface area contributed by atoms with E-state index in [1.54, 1.807) is 6.07 Å². The smallest absolute Gasteiger partial charge is 0.340 e. The number of halogens is 1. The zero-order valence-corrected chi connectivity index (χ0v) is 17.2. The van der Waals surface area contributed by atoms with Crippen LogP contribution in [0.3, 0.4) is 0 Å². The number of sulfonamides is 1. The molecule has 2 N–H and O–H groups in total. The molecule has 2 aromatic carbocycles. The molecule has 7 nitrogen and oxygen atoms in total. The van der Waals surface area contributed by atoms with Gasteiger partial charge < -0.3 is 10.1 Å². The van der Waals surface area contributed by atoms with Gasteiger partial charge in [0, 0.05) is 6.04 Å². The molecule has 1 amide bonds. The van der Waals surface area contributed by atoms with Crippen LogP contribution in [-0.4, -0.2) is 32.9 Å². The quantitative estimate of drug-likeness (QED) is 0.637. The maximum atomic E-state index is 13.4. The number of ether oxygens (including phenoxy) is 1. The second-order valence-electron chi connectivity index (χ2n) is 6.52. The van der Waals surface area contributed by atoms with Crippen molar-refractivity contribution in [3.8, 4) is 0 Å². The van der Waals surface area contributed by atoms with Gasteiger partial charge in [0.1, 0.15) is 5.82 Å². The molecule has 0 heterocycles. The van der Waals surface area contributed by atoms with Gasteiger partial charge in [-0.25, -0.2) is 17.6 Å². The van der Waals surface area contributed by atoms with E-state index in [0.29, 0.717) is 0 Å². The van der Waals surface area contributed by atoms with Crippen molar-refractivity contribution in [1.29, 1.82) is 0 Å². The first-order valence-corrected chi connectivity index (χ1v) is 10.5. The van der Waals surface area contributed by atoms with Crippen LogP contribution in [0.25, 0.3) is 0 Å². The van der Waals surface area contributed by atoms with E-state index >= 15 is 0 Å². The number of hydrogen-bond donors (Lipinski definition) is 2. The molecule has 9 heteroatoms. The van der Waals surface area contributed by atoms with Crippen molar-refractivity contribution < 1.29 is 27.1 Å². The fourth-order valence-corrected chi connectivity index (χ4v) is 3.53. The van der Waals surface area contributed by atoms with Crippen molar-refractivity contribution in [3.63, 3.8) is 0 Å². The largest absolute Gasteiger partial charge is 0.452 e. The number of para-hydroxylation sites is 1. The number of esters is 1. The average molecular weight is 422 g/mol. The third-order valence-electron chi connectivity index (χ3n) is 4.19. The van der Waals surface area contributed by atoms with E-state index in [-0.39, 0.29) is 27.8 Å². The van der Waals surface area contributed by atoms with Gasteiger partial charge in [0.25, 0.3) is 15.9 Å². The van der Waals surface area contributed by atoms with E-state index in [1.807, 2.05) is 13.8 Å². The van der Waals surface area contributed by atoms with E-state index in [4.69, 9.17) is 4.74 Å². The molecule has 0 unspecified atom stereocenters. The van der Waals surface area contributed by atoms with Crippen LogP contribution in [0.4, 0.5) is 10.1 Å². The zero-order chi connectivity index (χ0) is 21.6. The van der Waals surface area contributed by atoms with Crippen LogP contribution < -0.4 is 10.0 Å². The molecule has 0 fully saturated rings. The minimum atomic E-state index is -4.06. The zero-order valence-electron chi connectivity index (χ0n) is 16.4. The van der Waals surface area contributed by atoms with Gasteiger partial charge in [-0.2, -0.15) is 0 Å². The van der Waals surface area contributed by atoms with Crippen molar-refractivity contribution in [2.75, 3.05) is 11.3 Å². The van der Waals surface area contributed by atoms with Gasteiger partial charge in [0.15, 0.2) is 6.61 Å². The number of rotatable bonds is 8. The molecule has 2 rings (SSSR count). The number of carbonyl (C=O) groups is 2.